The molecule has 0 saturated heterocycles. The molecule has 0 bridgehead atoms. The maximum atomic E-state index is 11.6. The van der Waals surface area contributed by atoms with Crippen LogP contribution in [0.2, 0.25) is 5.02 Å². The number of aromatic nitrogens is 1. The van der Waals surface area contributed by atoms with E-state index in [4.69, 9.17) is 22.4 Å². The summed E-state index contributed by atoms with van der Waals surface area (Å²) in [6.07, 6.45) is 0.808. The summed E-state index contributed by atoms with van der Waals surface area (Å²) in [5.41, 5.74) is 4.84. The van der Waals surface area contributed by atoms with Crippen LogP contribution in [-0.4, -0.2) is 33.9 Å². The number of primary amides is 1. The van der Waals surface area contributed by atoms with E-state index in [9.17, 15) is 14.4 Å². The summed E-state index contributed by atoms with van der Waals surface area (Å²) < 4.78 is 0. The maximum Gasteiger partial charge on any atom is 0.326 e. The first-order valence-electron chi connectivity index (χ1n) is 4.83. The molecule has 0 radical (unpaired) electrons. The van der Waals surface area contributed by atoms with Crippen LogP contribution in [0.1, 0.15) is 16.9 Å². The van der Waals surface area contributed by atoms with Gasteiger partial charge in [0.25, 0.3) is 5.91 Å². The maximum absolute atomic E-state index is 11.6. The number of hydrogen-bond donors (Lipinski definition) is 3. The molecule has 0 aromatic carbocycles. The first-order valence-corrected chi connectivity index (χ1v) is 5.21. The molecule has 4 N–H and O–H groups in total. The first kappa shape index (κ1) is 13.9. The highest BCUT2D eigenvalue weighted by Gasteiger charge is 2.23. The highest BCUT2D eigenvalue weighted by Crippen LogP contribution is 2.08. The number of carbonyl (C=O) groups is 3. The van der Waals surface area contributed by atoms with Gasteiger partial charge < -0.3 is 16.2 Å². The van der Waals surface area contributed by atoms with Gasteiger partial charge >= 0.3 is 5.97 Å². The number of nitrogens with zero attached hydrogens (tertiary/aromatic N) is 1. The Kier molecular flexibility index (Phi) is 4.61. The molecule has 1 rings (SSSR count). The quantitative estimate of drug-likeness (QED) is 0.684. The minimum Gasteiger partial charge on any atom is -0.480 e. The molecule has 1 heterocycles. The van der Waals surface area contributed by atoms with Crippen LogP contribution in [0.3, 0.4) is 0 Å². The van der Waals surface area contributed by atoms with Crippen LogP contribution in [0.25, 0.3) is 0 Å². The summed E-state index contributed by atoms with van der Waals surface area (Å²) in [5.74, 6) is -2.93. The number of rotatable bonds is 5. The standard InChI is InChI=1S/C10H10ClN3O4/c11-5-1-2-13-6(3-5)9(16)14-7(10(17)18)4-8(12)15/h1-3,7H,4H2,(H2,12,15)(H,14,16)(H,17,18)/t7-/m0/s1. The molecule has 8 heteroatoms. The normalized spacial score (nSPS) is 11.6. The van der Waals surface area contributed by atoms with Crippen molar-refractivity contribution in [3.05, 3.63) is 29.0 Å². The molecule has 0 saturated carbocycles. The third kappa shape index (κ3) is 4.02. The van der Waals surface area contributed by atoms with Crippen LogP contribution in [0.15, 0.2) is 18.3 Å². The average Bonchev–Trinajstić information content (AvgIpc) is 2.27. The zero-order chi connectivity index (χ0) is 13.7. The monoisotopic (exact) mass is 271 g/mol. The molecule has 0 aliphatic rings. The van der Waals surface area contributed by atoms with E-state index in [0.29, 0.717) is 0 Å². The molecule has 0 spiro atoms. The summed E-state index contributed by atoms with van der Waals surface area (Å²) in [7, 11) is 0. The topological polar surface area (TPSA) is 122 Å². The second-order valence-electron chi connectivity index (χ2n) is 3.39. The van der Waals surface area contributed by atoms with Crippen LogP contribution in [0.4, 0.5) is 0 Å². The second-order valence-corrected chi connectivity index (χ2v) is 3.83. The van der Waals surface area contributed by atoms with Crippen molar-refractivity contribution >= 4 is 29.4 Å². The molecule has 1 atom stereocenters. The van der Waals surface area contributed by atoms with Crippen molar-refractivity contribution < 1.29 is 19.5 Å². The van der Waals surface area contributed by atoms with Gasteiger partial charge in [-0.15, -0.1) is 0 Å². The van der Waals surface area contributed by atoms with Crippen molar-refractivity contribution in [2.24, 2.45) is 5.73 Å². The van der Waals surface area contributed by atoms with E-state index in [1.165, 1.54) is 18.3 Å². The smallest absolute Gasteiger partial charge is 0.326 e. The summed E-state index contributed by atoms with van der Waals surface area (Å²) in [6, 6.07) is 1.35. The van der Waals surface area contributed by atoms with E-state index < -0.39 is 30.2 Å². The van der Waals surface area contributed by atoms with E-state index in [1.54, 1.807) is 0 Å². The molecule has 0 fully saturated rings. The Morgan fingerprint density at radius 3 is 2.67 bits per heavy atom. The molecule has 1 aromatic heterocycles. The van der Waals surface area contributed by atoms with Gasteiger partial charge in [-0.3, -0.25) is 14.6 Å². The lowest BCUT2D eigenvalue weighted by atomic mass is 10.2. The SMILES string of the molecule is NC(=O)C[C@H](NC(=O)c1cc(Cl)ccn1)C(=O)O. The van der Waals surface area contributed by atoms with Crippen LogP contribution >= 0.6 is 11.6 Å². The van der Waals surface area contributed by atoms with Crippen LogP contribution in [0, 0.1) is 0 Å². The average molecular weight is 272 g/mol. The van der Waals surface area contributed by atoms with Gasteiger partial charge in [0.15, 0.2) is 0 Å². The summed E-state index contributed by atoms with van der Waals surface area (Å²) in [4.78, 5) is 36.8. The fraction of sp³-hybridized carbons (Fsp3) is 0.200. The number of carbonyl (C=O) groups excluding carboxylic acids is 2. The molecule has 0 unspecified atom stereocenters. The van der Waals surface area contributed by atoms with Gasteiger partial charge in [-0.2, -0.15) is 0 Å². The molecule has 18 heavy (non-hydrogen) atoms. The number of amides is 2. The van der Waals surface area contributed by atoms with Gasteiger partial charge in [-0.25, -0.2) is 4.79 Å². The molecule has 7 nitrogen and oxygen atoms in total. The lowest BCUT2D eigenvalue weighted by molar-refractivity contribution is -0.140. The Labute approximate surface area is 107 Å². The van der Waals surface area contributed by atoms with Crippen molar-refractivity contribution in [2.45, 2.75) is 12.5 Å². The van der Waals surface area contributed by atoms with Gasteiger partial charge in [0.1, 0.15) is 11.7 Å². The number of carboxylic acid groups (broad SMARTS) is 1. The third-order valence-corrected chi connectivity index (χ3v) is 2.20. The van der Waals surface area contributed by atoms with Crippen molar-refractivity contribution in [2.75, 3.05) is 0 Å². The van der Waals surface area contributed by atoms with Crippen molar-refractivity contribution in [1.82, 2.24) is 10.3 Å². The first-order chi connectivity index (χ1) is 8.40. The highest BCUT2D eigenvalue weighted by atomic mass is 35.5. The molecule has 2 amide bonds. The van der Waals surface area contributed by atoms with Gasteiger partial charge in [-0.1, -0.05) is 11.6 Å². The fourth-order valence-corrected chi connectivity index (χ4v) is 1.32. The number of hydrogen-bond acceptors (Lipinski definition) is 4. The Balaban J connectivity index is 2.78. The van der Waals surface area contributed by atoms with Gasteiger partial charge in [0.2, 0.25) is 5.91 Å². The van der Waals surface area contributed by atoms with Crippen LogP contribution in [0.5, 0.6) is 0 Å². The van der Waals surface area contributed by atoms with E-state index in [1.807, 2.05) is 0 Å². The Morgan fingerprint density at radius 1 is 1.50 bits per heavy atom. The van der Waals surface area contributed by atoms with E-state index >= 15 is 0 Å². The van der Waals surface area contributed by atoms with E-state index in [0.717, 1.165) is 0 Å². The molecular weight excluding hydrogens is 262 g/mol. The zero-order valence-electron chi connectivity index (χ0n) is 9.09. The number of pyridine rings is 1. The lowest BCUT2D eigenvalue weighted by Gasteiger charge is -2.12. The Morgan fingerprint density at radius 2 is 2.17 bits per heavy atom. The fourth-order valence-electron chi connectivity index (χ4n) is 1.16. The number of halogens is 1. The van der Waals surface area contributed by atoms with E-state index in [-0.39, 0.29) is 10.7 Å². The largest absolute Gasteiger partial charge is 0.480 e. The number of aliphatic carboxylic acids is 1. The van der Waals surface area contributed by atoms with E-state index in [2.05, 4.69) is 10.3 Å². The minimum absolute atomic E-state index is 0.0433. The summed E-state index contributed by atoms with van der Waals surface area (Å²) in [6.45, 7) is 0. The van der Waals surface area contributed by atoms with Crippen molar-refractivity contribution in [3.63, 3.8) is 0 Å². The van der Waals surface area contributed by atoms with Gasteiger partial charge in [-0.05, 0) is 12.1 Å². The van der Waals surface area contributed by atoms with Gasteiger partial charge in [0.05, 0.1) is 6.42 Å². The second kappa shape index (κ2) is 5.97. The molecular formula is C10H10ClN3O4. The predicted molar refractivity (Wildman–Crippen MR) is 61.9 cm³/mol. The summed E-state index contributed by atoms with van der Waals surface area (Å²) in [5, 5.41) is 11.2. The molecule has 0 aliphatic carbocycles. The molecule has 0 aliphatic heterocycles. The summed E-state index contributed by atoms with van der Waals surface area (Å²) >= 11 is 5.66. The highest BCUT2D eigenvalue weighted by molar-refractivity contribution is 6.30. The number of carboxylic acids is 1. The van der Waals surface area contributed by atoms with Crippen LogP contribution < -0.4 is 11.1 Å². The predicted octanol–water partition coefficient (Wildman–Crippen LogP) is -0.207. The lowest BCUT2D eigenvalue weighted by Crippen LogP contribution is -2.43. The van der Waals surface area contributed by atoms with Crippen molar-refractivity contribution in [3.8, 4) is 0 Å². The third-order valence-electron chi connectivity index (χ3n) is 1.96. The Hall–Kier alpha value is -2.15. The van der Waals surface area contributed by atoms with Gasteiger partial charge in [0, 0.05) is 11.2 Å². The minimum atomic E-state index is -1.39. The van der Waals surface area contributed by atoms with Crippen molar-refractivity contribution in [1.29, 1.82) is 0 Å². The zero-order valence-corrected chi connectivity index (χ0v) is 9.85. The molecule has 96 valence electrons. The number of nitrogens with one attached hydrogen (secondary N) is 1. The van der Waals surface area contributed by atoms with Crippen LogP contribution in [-0.2, 0) is 9.59 Å². The molecule has 1 aromatic rings. The Bertz CT molecular complexity index is 492. The number of nitrogens with two attached hydrogens (primary N) is 1.